The summed E-state index contributed by atoms with van der Waals surface area (Å²) in [6.07, 6.45) is -3.01. The van der Waals surface area contributed by atoms with Gasteiger partial charge in [-0.15, -0.1) is 13.2 Å². The van der Waals surface area contributed by atoms with Crippen LogP contribution < -0.4 is 10.1 Å². The van der Waals surface area contributed by atoms with E-state index in [9.17, 15) is 22.8 Å². The predicted octanol–water partition coefficient (Wildman–Crippen LogP) is 4.27. The summed E-state index contributed by atoms with van der Waals surface area (Å²) in [5.74, 6) is -0.928. The number of nitrogens with one attached hydrogen (secondary N) is 2. The van der Waals surface area contributed by atoms with E-state index in [1.807, 2.05) is 0 Å². The summed E-state index contributed by atoms with van der Waals surface area (Å²) >= 11 is 0. The van der Waals surface area contributed by atoms with E-state index >= 15 is 0 Å². The summed E-state index contributed by atoms with van der Waals surface area (Å²) in [7, 11) is 1.26. The number of fused-ring (bicyclic) bond motifs is 1. The number of methoxy groups -OCH3 is 1. The van der Waals surface area contributed by atoms with Crippen LogP contribution in [0.3, 0.4) is 0 Å². The molecule has 2 amide bonds. The van der Waals surface area contributed by atoms with Gasteiger partial charge >= 0.3 is 18.4 Å². The zero-order valence-corrected chi connectivity index (χ0v) is 17.3. The minimum Gasteiger partial charge on any atom is -0.465 e. The number of nitrogens with zero attached hydrogens (tertiary/aromatic N) is 2. The number of carbonyl (C=O) groups excluding carboxylic acids is 2. The number of imidazole rings is 1. The number of aromatic amines is 1. The zero-order chi connectivity index (χ0) is 23.6. The Balaban J connectivity index is 1.65. The first-order chi connectivity index (χ1) is 15.8. The summed E-state index contributed by atoms with van der Waals surface area (Å²) in [6, 6.07) is 10.3. The molecule has 1 atom stereocenters. The molecule has 1 aliphatic heterocycles. The van der Waals surface area contributed by atoms with Crippen molar-refractivity contribution in [1.29, 1.82) is 0 Å². The highest BCUT2D eigenvalue weighted by atomic mass is 19.4. The number of urea groups is 1. The van der Waals surface area contributed by atoms with Crippen LogP contribution in [0.4, 0.5) is 23.7 Å². The van der Waals surface area contributed by atoms with Crippen molar-refractivity contribution >= 4 is 17.7 Å². The molecule has 0 unspecified atom stereocenters. The fourth-order valence-electron chi connectivity index (χ4n) is 3.74. The molecule has 0 radical (unpaired) electrons. The van der Waals surface area contributed by atoms with Gasteiger partial charge < -0.3 is 24.7 Å². The lowest BCUT2D eigenvalue weighted by Gasteiger charge is -2.36. The van der Waals surface area contributed by atoms with Crippen molar-refractivity contribution in [2.24, 2.45) is 0 Å². The van der Waals surface area contributed by atoms with Crippen LogP contribution in [0.25, 0.3) is 0 Å². The highest BCUT2D eigenvalue weighted by molar-refractivity contribution is 5.92. The van der Waals surface area contributed by atoms with Crippen LogP contribution in [0.15, 0.2) is 54.9 Å². The van der Waals surface area contributed by atoms with Crippen LogP contribution in [-0.4, -0.2) is 46.9 Å². The monoisotopic (exact) mass is 460 g/mol. The average molecular weight is 460 g/mol. The average Bonchev–Trinajstić information content (AvgIpc) is 3.27. The molecule has 33 heavy (non-hydrogen) atoms. The number of amides is 2. The van der Waals surface area contributed by atoms with E-state index in [2.05, 4.69) is 24.8 Å². The molecular weight excluding hydrogens is 441 g/mol. The standard InChI is InChI=1S/C22H19F3N4O4/c1-32-20(30)13-6-8-14(9-7-13)28-21(31)29-11-10-16-18(27-12-26-16)19(29)15-4-2-3-5-17(15)33-22(23,24)25/h2-9,12,19H,10-11H2,1H3,(H,26,27)(H,28,31)/t19-/m0/s1. The van der Waals surface area contributed by atoms with Gasteiger partial charge in [0.05, 0.1) is 24.7 Å². The lowest BCUT2D eigenvalue weighted by atomic mass is 9.95. The van der Waals surface area contributed by atoms with Gasteiger partial charge in [0.1, 0.15) is 11.8 Å². The third-order valence-electron chi connectivity index (χ3n) is 5.18. The fraction of sp³-hybridized carbons (Fsp3) is 0.227. The van der Waals surface area contributed by atoms with Gasteiger partial charge in [-0.1, -0.05) is 18.2 Å². The second-order valence-corrected chi connectivity index (χ2v) is 7.20. The van der Waals surface area contributed by atoms with E-state index in [0.717, 1.165) is 5.69 Å². The van der Waals surface area contributed by atoms with Crippen LogP contribution in [0.5, 0.6) is 5.75 Å². The minimum atomic E-state index is -4.90. The number of esters is 1. The van der Waals surface area contributed by atoms with E-state index in [-0.39, 0.29) is 12.1 Å². The number of alkyl halides is 3. The quantitative estimate of drug-likeness (QED) is 0.567. The van der Waals surface area contributed by atoms with Gasteiger partial charge in [-0.2, -0.15) is 0 Å². The number of H-pyrrole nitrogens is 1. The minimum absolute atomic E-state index is 0.152. The second kappa shape index (κ2) is 8.85. The van der Waals surface area contributed by atoms with Gasteiger partial charge in [0.25, 0.3) is 0 Å². The number of benzene rings is 2. The van der Waals surface area contributed by atoms with Crippen LogP contribution in [0.1, 0.15) is 33.4 Å². The van der Waals surface area contributed by atoms with E-state index in [1.54, 1.807) is 6.07 Å². The third kappa shape index (κ3) is 4.76. The Morgan fingerprint density at radius 2 is 1.88 bits per heavy atom. The highest BCUT2D eigenvalue weighted by Crippen LogP contribution is 2.39. The van der Waals surface area contributed by atoms with Crippen molar-refractivity contribution in [3.05, 3.63) is 77.4 Å². The number of ether oxygens (including phenoxy) is 2. The normalized spacial score (nSPS) is 15.5. The molecule has 0 saturated carbocycles. The summed E-state index contributed by atoms with van der Waals surface area (Å²) in [5, 5.41) is 2.72. The number of para-hydroxylation sites is 1. The van der Waals surface area contributed by atoms with Gasteiger partial charge in [0.2, 0.25) is 0 Å². The smallest absolute Gasteiger partial charge is 0.465 e. The van der Waals surface area contributed by atoms with Crippen molar-refractivity contribution < 1.29 is 32.2 Å². The second-order valence-electron chi connectivity index (χ2n) is 7.20. The summed E-state index contributed by atoms with van der Waals surface area (Å²) in [5.41, 5.74) is 2.04. The van der Waals surface area contributed by atoms with Gasteiger partial charge in [0.15, 0.2) is 0 Å². The largest absolute Gasteiger partial charge is 0.573 e. The third-order valence-corrected chi connectivity index (χ3v) is 5.18. The molecule has 4 rings (SSSR count). The fourth-order valence-corrected chi connectivity index (χ4v) is 3.74. The van der Waals surface area contributed by atoms with Gasteiger partial charge in [0, 0.05) is 29.9 Å². The lowest BCUT2D eigenvalue weighted by Crippen LogP contribution is -2.43. The van der Waals surface area contributed by atoms with Crippen LogP contribution >= 0.6 is 0 Å². The number of hydrogen-bond donors (Lipinski definition) is 2. The molecule has 0 aliphatic carbocycles. The molecule has 0 bridgehead atoms. The maximum Gasteiger partial charge on any atom is 0.573 e. The Hall–Kier alpha value is -4.02. The van der Waals surface area contributed by atoms with E-state index in [0.29, 0.717) is 23.4 Å². The van der Waals surface area contributed by atoms with Crippen molar-refractivity contribution in [1.82, 2.24) is 14.9 Å². The van der Waals surface area contributed by atoms with Gasteiger partial charge in [-0.05, 0) is 30.3 Å². The predicted molar refractivity (Wildman–Crippen MR) is 111 cm³/mol. The molecule has 0 saturated heterocycles. The SMILES string of the molecule is COC(=O)c1ccc(NC(=O)N2CCc3[nH]cnc3[C@@H]2c2ccccc2OC(F)(F)F)cc1. The first-order valence-corrected chi connectivity index (χ1v) is 9.89. The van der Waals surface area contributed by atoms with Gasteiger partial charge in [-0.3, -0.25) is 0 Å². The maximum atomic E-state index is 13.2. The molecule has 2 aromatic carbocycles. The van der Waals surface area contributed by atoms with E-state index < -0.39 is 30.2 Å². The summed E-state index contributed by atoms with van der Waals surface area (Å²) in [4.78, 5) is 33.4. The first kappa shape index (κ1) is 22.2. The van der Waals surface area contributed by atoms with Crippen molar-refractivity contribution in [3.63, 3.8) is 0 Å². The molecule has 2 N–H and O–H groups in total. The first-order valence-electron chi connectivity index (χ1n) is 9.89. The van der Waals surface area contributed by atoms with Gasteiger partial charge in [-0.25, -0.2) is 14.6 Å². The number of hydrogen-bond acceptors (Lipinski definition) is 5. The molecule has 11 heteroatoms. The molecule has 1 aliphatic rings. The topological polar surface area (TPSA) is 96.6 Å². The summed E-state index contributed by atoms with van der Waals surface area (Å²) < 4.78 is 47.9. The molecule has 1 aromatic heterocycles. The number of anilines is 1. The van der Waals surface area contributed by atoms with Crippen molar-refractivity contribution in [3.8, 4) is 5.75 Å². The van der Waals surface area contributed by atoms with E-state index in [4.69, 9.17) is 0 Å². The maximum absolute atomic E-state index is 13.2. The van der Waals surface area contributed by atoms with E-state index in [1.165, 1.54) is 60.8 Å². The highest BCUT2D eigenvalue weighted by Gasteiger charge is 2.38. The Bertz CT molecular complexity index is 1160. The number of rotatable bonds is 4. The Labute approximate surface area is 186 Å². The number of carbonyl (C=O) groups is 2. The molecular formula is C22H19F3N4O4. The Morgan fingerprint density at radius 3 is 2.58 bits per heavy atom. The number of aromatic nitrogens is 2. The van der Waals surface area contributed by atoms with Crippen LogP contribution in [0.2, 0.25) is 0 Å². The molecule has 0 spiro atoms. The molecule has 172 valence electrons. The molecule has 8 nitrogen and oxygen atoms in total. The number of halogens is 3. The Morgan fingerprint density at radius 1 is 1.15 bits per heavy atom. The molecule has 0 fully saturated rings. The Kier molecular flexibility index (Phi) is 5.95. The van der Waals surface area contributed by atoms with Crippen LogP contribution in [-0.2, 0) is 11.2 Å². The van der Waals surface area contributed by atoms with Crippen LogP contribution in [0, 0.1) is 0 Å². The van der Waals surface area contributed by atoms with Crippen molar-refractivity contribution in [2.45, 2.75) is 18.8 Å². The molecule has 3 aromatic rings. The lowest BCUT2D eigenvalue weighted by molar-refractivity contribution is -0.275. The zero-order valence-electron chi connectivity index (χ0n) is 17.3. The summed E-state index contributed by atoms with van der Waals surface area (Å²) in [6.45, 7) is 0.228. The van der Waals surface area contributed by atoms with Crippen molar-refractivity contribution in [2.75, 3.05) is 19.0 Å². The molecule has 2 heterocycles.